The number of ether oxygens (including phenoxy) is 1. The van der Waals surface area contributed by atoms with Gasteiger partial charge in [-0.2, -0.15) is 18.3 Å². The molecule has 176 valence electrons. The van der Waals surface area contributed by atoms with E-state index in [-0.39, 0.29) is 35.0 Å². The van der Waals surface area contributed by atoms with Crippen LogP contribution < -0.4 is 0 Å². The van der Waals surface area contributed by atoms with E-state index >= 15 is 0 Å². The molecule has 34 heavy (non-hydrogen) atoms. The molecule has 2 fully saturated rings. The topological polar surface area (TPSA) is 73.4 Å². The second kappa shape index (κ2) is 7.52. The lowest BCUT2D eigenvalue weighted by atomic mass is 10.1. The van der Waals surface area contributed by atoms with Crippen LogP contribution in [0.15, 0.2) is 41.1 Å². The molecule has 2 atom stereocenters. The molecule has 2 unspecified atom stereocenters. The van der Waals surface area contributed by atoms with Crippen molar-refractivity contribution in [1.29, 1.82) is 0 Å². The Labute approximate surface area is 189 Å². The third-order valence-corrected chi connectivity index (χ3v) is 6.31. The third kappa shape index (κ3) is 3.60. The van der Waals surface area contributed by atoms with Gasteiger partial charge in [0.15, 0.2) is 0 Å². The Morgan fingerprint density at radius 2 is 1.88 bits per heavy atom. The molecule has 0 N–H and O–H groups in total. The Bertz CT molecular complexity index is 1420. The summed E-state index contributed by atoms with van der Waals surface area (Å²) in [5.74, 6) is -0.876. The van der Waals surface area contributed by atoms with E-state index < -0.39 is 18.5 Å². The summed E-state index contributed by atoms with van der Waals surface area (Å²) in [6, 6.07) is 5.24. The molecule has 3 aromatic heterocycles. The van der Waals surface area contributed by atoms with Gasteiger partial charge in [-0.25, -0.2) is 4.39 Å². The first-order valence-corrected chi connectivity index (χ1v) is 10.8. The number of hydrogen-bond acceptors (Lipinski definition) is 5. The molecule has 7 nitrogen and oxygen atoms in total. The molecule has 0 aliphatic carbocycles. The minimum atomic E-state index is -4.54. The monoisotopic (exact) mass is 474 g/mol. The number of aromatic nitrogens is 3. The second-order valence-corrected chi connectivity index (χ2v) is 8.67. The maximum Gasteiger partial charge on any atom is 0.408 e. The first-order chi connectivity index (χ1) is 16.2. The zero-order valence-corrected chi connectivity index (χ0v) is 17.7. The Morgan fingerprint density at radius 3 is 2.62 bits per heavy atom. The van der Waals surface area contributed by atoms with Crippen LogP contribution in [0.4, 0.5) is 17.6 Å². The van der Waals surface area contributed by atoms with Crippen molar-refractivity contribution in [3.05, 3.63) is 48.2 Å². The van der Waals surface area contributed by atoms with E-state index in [1.54, 1.807) is 4.90 Å². The number of nitrogens with zero attached hydrogens (tertiary/aromatic N) is 4. The summed E-state index contributed by atoms with van der Waals surface area (Å²) in [6.07, 6.45) is -0.175. The van der Waals surface area contributed by atoms with Crippen LogP contribution in [0.25, 0.3) is 33.1 Å². The number of benzene rings is 1. The molecule has 11 heteroatoms. The van der Waals surface area contributed by atoms with Gasteiger partial charge in [-0.15, -0.1) is 0 Å². The number of rotatable bonds is 3. The number of fused-ring (bicyclic) bond motifs is 4. The molecule has 2 aliphatic heterocycles. The van der Waals surface area contributed by atoms with Crippen LogP contribution in [0.3, 0.4) is 0 Å². The number of carbonyl (C=O) groups excluding carboxylic acids is 1. The summed E-state index contributed by atoms with van der Waals surface area (Å²) < 4.78 is 65.9. The number of furan rings is 1. The highest BCUT2D eigenvalue weighted by Gasteiger charge is 2.37. The summed E-state index contributed by atoms with van der Waals surface area (Å²) >= 11 is 0. The molecule has 5 heterocycles. The highest BCUT2D eigenvalue weighted by atomic mass is 19.4. The molecule has 0 saturated carbocycles. The van der Waals surface area contributed by atoms with Crippen LogP contribution in [0, 0.1) is 5.82 Å². The lowest BCUT2D eigenvalue weighted by molar-refractivity contribution is -0.141. The number of morpholine rings is 1. The summed E-state index contributed by atoms with van der Waals surface area (Å²) in [7, 11) is 0. The van der Waals surface area contributed by atoms with Gasteiger partial charge >= 0.3 is 6.18 Å². The van der Waals surface area contributed by atoms with E-state index in [0.717, 1.165) is 17.5 Å². The molecule has 1 amide bonds. The van der Waals surface area contributed by atoms with Crippen LogP contribution in [-0.4, -0.2) is 57.0 Å². The number of halogens is 4. The van der Waals surface area contributed by atoms with Crippen LogP contribution in [0.2, 0.25) is 0 Å². The summed E-state index contributed by atoms with van der Waals surface area (Å²) in [5, 5.41) is 4.85. The number of alkyl halides is 3. The highest BCUT2D eigenvalue weighted by Crippen LogP contribution is 2.36. The summed E-state index contributed by atoms with van der Waals surface area (Å²) in [6.45, 7) is -0.504. The fourth-order valence-corrected chi connectivity index (χ4v) is 4.80. The predicted molar refractivity (Wildman–Crippen MR) is 113 cm³/mol. The van der Waals surface area contributed by atoms with Crippen molar-refractivity contribution in [3.63, 3.8) is 0 Å². The van der Waals surface area contributed by atoms with Crippen molar-refractivity contribution < 1.29 is 31.5 Å². The molecular weight excluding hydrogens is 456 g/mol. The maximum absolute atomic E-state index is 13.9. The predicted octanol–water partition coefficient (Wildman–Crippen LogP) is 4.55. The van der Waals surface area contributed by atoms with Gasteiger partial charge < -0.3 is 14.1 Å². The highest BCUT2D eigenvalue weighted by molar-refractivity contribution is 6.03. The molecule has 0 spiro atoms. The van der Waals surface area contributed by atoms with Crippen LogP contribution in [-0.2, 0) is 11.3 Å². The molecule has 2 bridgehead atoms. The first kappa shape index (κ1) is 21.1. The number of pyridine rings is 1. The lowest BCUT2D eigenvalue weighted by Gasteiger charge is -2.31. The number of likely N-dealkylation sites (tertiary alicyclic amines) is 1. The van der Waals surface area contributed by atoms with E-state index in [9.17, 15) is 22.4 Å². The normalized spacial score (nSPS) is 20.5. The maximum atomic E-state index is 13.9. The number of amides is 1. The van der Waals surface area contributed by atoms with E-state index in [1.165, 1.54) is 36.7 Å². The molecule has 2 aliphatic rings. The van der Waals surface area contributed by atoms with Gasteiger partial charge in [0.1, 0.15) is 35.6 Å². The summed E-state index contributed by atoms with van der Waals surface area (Å²) in [5.41, 5.74) is 1.02. The van der Waals surface area contributed by atoms with Gasteiger partial charge in [0, 0.05) is 35.6 Å². The zero-order valence-electron chi connectivity index (χ0n) is 17.7. The fraction of sp³-hybridized carbons (Fsp3) is 0.348. The van der Waals surface area contributed by atoms with Crippen molar-refractivity contribution in [3.8, 4) is 11.3 Å². The van der Waals surface area contributed by atoms with E-state index in [1.807, 2.05) is 0 Å². The minimum absolute atomic E-state index is 0.0245. The molecular formula is C23H18F4N4O3. The smallest absolute Gasteiger partial charge is 0.408 e. The number of hydrogen-bond donors (Lipinski definition) is 0. The summed E-state index contributed by atoms with van der Waals surface area (Å²) in [4.78, 5) is 19.0. The van der Waals surface area contributed by atoms with Crippen molar-refractivity contribution in [2.75, 3.05) is 13.1 Å². The molecule has 6 rings (SSSR count). The van der Waals surface area contributed by atoms with Gasteiger partial charge in [-0.1, -0.05) is 0 Å². The zero-order chi connectivity index (χ0) is 23.6. The van der Waals surface area contributed by atoms with E-state index in [2.05, 4.69) is 10.1 Å². The average Bonchev–Trinajstić information content (AvgIpc) is 3.46. The third-order valence-electron chi connectivity index (χ3n) is 6.31. The Morgan fingerprint density at radius 1 is 1.12 bits per heavy atom. The standard InChI is InChI=1S/C23H18F4N4O3/c24-12-1-4-20-15(5-12)17(10-33-20)21-16-7-28-18(6-19(16)31(29-21)11-23(25,26)27)22(32)30-8-13-2-3-14(9-30)34-13/h1,4-7,10,13-14H,2-3,8-9,11H2. The Hall–Kier alpha value is -3.47. The Kier molecular flexibility index (Phi) is 4.67. The van der Waals surface area contributed by atoms with Crippen molar-refractivity contribution in [2.24, 2.45) is 0 Å². The quantitative estimate of drug-likeness (QED) is 0.408. The number of carbonyl (C=O) groups is 1. The van der Waals surface area contributed by atoms with Gasteiger partial charge in [0.05, 0.1) is 17.7 Å². The van der Waals surface area contributed by atoms with Crippen LogP contribution in [0.5, 0.6) is 0 Å². The van der Waals surface area contributed by atoms with Gasteiger partial charge in [-0.05, 0) is 37.1 Å². The van der Waals surface area contributed by atoms with Crippen LogP contribution >= 0.6 is 0 Å². The van der Waals surface area contributed by atoms with Crippen LogP contribution in [0.1, 0.15) is 23.3 Å². The van der Waals surface area contributed by atoms with Crippen molar-refractivity contribution >= 4 is 27.8 Å². The van der Waals surface area contributed by atoms with E-state index in [4.69, 9.17) is 9.15 Å². The van der Waals surface area contributed by atoms with Crippen molar-refractivity contribution in [1.82, 2.24) is 19.7 Å². The largest absolute Gasteiger partial charge is 0.464 e. The average molecular weight is 474 g/mol. The fourth-order valence-electron chi connectivity index (χ4n) is 4.80. The molecule has 0 radical (unpaired) electrons. The minimum Gasteiger partial charge on any atom is -0.464 e. The van der Waals surface area contributed by atoms with Gasteiger partial charge in [-0.3, -0.25) is 14.5 Å². The second-order valence-electron chi connectivity index (χ2n) is 8.67. The van der Waals surface area contributed by atoms with E-state index in [0.29, 0.717) is 35.0 Å². The van der Waals surface area contributed by atoms with Crippen molar-refractivity contribution in [2.45, 2.75) is 37.8 Å². The Balaban J connectivity index is 1.45. The van der Waals surface area contributed by atoms with Gasteiger partial charge in [0.2, 0.25) is 0 Å². The lowest BCUT2D eigenvalue weighted by Crippen LogP contribution is -2.46. The molecule has 2 saturated heterocycles. The molecule has 1 aromatic carbocycles. The molecule has 4 aromatic rings. The SMILES string of the molecule is O=C(c1cc2c(cn1)c(-c1coc3ccc(F)cc13)nn2CC(F)(F)F)N1CC2CCC(C1)O2. The first-order valence-electron chi connectivity index (χ1n) is 10.8. The van der Waals surface area contributed by atoms with Gasteiger partial charge in [0.25, 0.3) is 5.91 Å².